The molecule has 1 heterocycles. The number of alkyl halides is 3. The van der Waals surface area contributed by atoms with Crippen LogP contribution in [0, 0.1) is 0 Å². The summed E-state index contributed by atoms with van der Waals surface area (Å²) in [4.78, 5) is 14.1. The van der Waals surface area contributed by atoms with Crippen molar-refractivity contribution in [2.75, 3.05) is 6.61 Å². The standard InChI is InChI=1S/C19H26F3NO4/c1-17(2,3)27-16(25)23-14(15(11-24)26-18(23,4)5)10-12-6-8-13(9-7-12)19(20,21)22/h6-9,14-15,24H,10-11H2,1-5H3. The number of benzene rings is 1. The van der Waals surface area contributed by atoms with Gasteiger partial charge >= 0.3 is 12.3 Å². The molecule has 1 fully saturated rings. The normalized spacial score (nSPS) is 22.8. The Bertz CT molecular complexity index is 665. The van der Waals surface area contributed by atoms with E-state index in [1.165, 1.54) is 17.0 Å². The number of aliphatic hydroxyl groups is 1. The number of carbonyl (C=O) groups is 1. The Labute approximate surface area is 157 Å². The number of carbonyl (C=O) groups excluding carboxylic acids is 1. The van der Waals surface area contributed by atoms with E-state index in [9.17, 15) is 23.1 Å². The van der Waals surface area contributed by atoms with E-state index in [4.69, 9.17) is 9.47 Å². The zero-order valence-electron chi connectivity index (χ0n) is 16.1. The van der Waals surface area contributed by atoms with Crippen LogP contribution < -0.4 is 0 Å². The molecule has 2 rings (SSSR count). The Hall–Kier alpha value is -1.80. The summed E-state index contributed by atoms with van der Waals surface area (Å²) in [5.74, 6) is 0. The lowest BCUT2D eigenvalue weighted by Crippen LogP contribution is -2.51. The molecule has 1 aliphatic rings. The number of rotatable bonds is 3. The number of halogens is 3. The molecule has 0 spiro atoms. The van der Waals surface area contributed by atoms with E-state index in [2.05, 4.69) is 0 Å². The average molecular weight is 389 g/mol. The van der Waals surface area contributed by atoms with Gasteiger partial charge in [-0.05, 0) is 58.7 Å². The van der Waals surface area contributed by atoms with Gasteiger partial charge in [0.1, 0.15) is 17.4 Å². The highest BCUT2D eigenvalue weighted by Crippen LogP contribution is 2.36. The summed E-state index contributed by atoms with van der Waals surface area (Å²) in [6.07, 6.45) is -5.45. The molecule has 1 aromatic carbocycles. The molecule has 8 heteroatoms. The molecule has 2 atom stereocenters. The van der Waals surface area contributed by atoms with Gasteiger partial charge in [0, 0.05) is 0 Å². The van der Waals surface area contributed by atoms with Gasteiger partial charge in [0.05, 0.1) is 18.2 Å². The molecular weight excluding hydrogens is 363 g/mol. The third-order valence-corrected chi connectivity index (χ3v) is 4.28. The molecule has 1 aliphatic heterocycles. The molecule has 0 aliphatic carbocycles. The number of amides is 1. The van der Waals surface area contributed by atoms with Gasteiger partial charge in [0.2, 0.25) is 0 Å². The van der Waals surface area contributed by atoms with Gasteiger partial charge in [-0.1, -0.05) is 12.1 Å². The molecule has 2 unspecified atom stereocenters. The number of nitrogens with zero attached hydrogens (tertiary/aromatic N) is 1. The van der Waals surface area contributed by atoms with Crippen LogP contribution in [0.25, 0.3) is 0 Å². The Kier molecular flexibility index (Phi) is 5.82. The molecule has 0 radical (unpaired) electrons. The summed E-state index contributed by atoms with van der Waals surface area (Å²) >= 11 is 0. The summed E-state index contributed by atoms with van der Waals surface area (Å²) in [5, 5.41) is 9.68. The number of ether oxygens (including phenoxy) is 2. The van der Waals surface area contributed by atoms with E-state index >= 15 is 0 Å². The second-order valence-corrected chi connectivity index (χ2v) is 8.10. The van der Waals surface area contributed by atoms with E-state index in [-0.39, 0.29) is 13.0 Å². The Balaban J connectivity index is 2.28. The van der Waals surface area contributed by atoms with Crippen LogP contribution in [0.2, 0.25) is 0 Å². The van der Waals surface area contributed by atoms with Crippen LogP contribution in [0.15, 0.2) is 24.3 Å². The average Bonchev–Trinajstić information content (AvgIpc) is 2.75. The Morgan fingerprint density at radius 3 is 2.22 bits per heavy atom. The summed E-state index contributed by atoms with van der Waals surface area (Å²) in [7, 11) is 0. The smallest absolute Gasteiger partial charge is 0.416 e. The number of aliphatic hydroxyl groups excluding tert-OH is 1. The SMILES string of the molecule is CC(C)(C)OC(=O)N1C(Cc2ccc(C(F)(F)F)cc2)C(CO)OC1(C)C. The fraction of sp³-hybridized carbons (Fsp3) is 0.632. The first-order valence-electron chi connectivity index (χ1n) is 8.72. The summed E-state index contributed by atoms with van der Waals surface area (Å²) in [5.41, 5.74) is -1.88. The highest BCUT2D eigenvalue weighted by Gasteiger charge is 2.50. The highest BCUT2D eigenvalue weighted by molar-refractivity contribution is 5.70. The van der Waals surface area contributed by atoms with Gasteiger partial charge in [-0.2, -0.15) is 13.2 Å². The van der Waals surface area contributed by atoms with E-state index in [1.54, 1.807) is 34.6 Å². The minimum atomic E-state index is -4.41. The third kappa shape index (κ3) is 5.13. The molecule has 0 aromatic heterocycles. The van der Waals surface area contributed by atoms with Crippen molar-refractivity contribution >= 4 is 6.09 Å². The number of hydrogen-bond donors (Lipinski definition) is 1. The van der Waals surface area contributed by atoms with Crippen molar-refractivity contribution in [1.82, 2.24) is 4.90 Å². The van der Waals surface area contributed by atoms with E-state index in [0.717, 1.165) is 12.1 Å². The van der Waals surface area contributed by atoms with E-state index in [1.807, 2.05) is 0 Å². The first-order valence-corrected chi connectivity index (χ1v) is 8.72. The third-order valence-electron chi connectivity index (χ3n) is 4.28. The molecule has 152 valence electrons. The van der Waals surface area contributed by atoms with Crippen LogP contribution in [-0.4, -0.2) is 46.2 Å². The summed E-state index contributed by atoms with van der Waals surface area (Å²) < 4.78 is 49.5. The van der Waals surface area contributed by atoms with Crippen molar-refractivity contribution in [2.45, 2.75) is 70.7 Å². The maximum Gasteiger partial charge on any atom is 0.416 e. The van der Waals surface area contributed by atoms with Crippen LogP contribution in [0.1, 0.15) is 45.7 Å². The Morgan fingerprint density at radius 2 is 1.78 bits per heavy atom. The quantitative estimate of drug-likeness (QED) is 0.850. The Morgan fingerprint density at radius 1 is 1.22 bits per heavy atom. The maximum atomic E-state index is 12.7. The van der Waals surface area contributed by atoms with Crippen LogP contribution >= 0.6 is 0 Å². The van der Waals surface area contributed by atoms with Crippen LogP contribution in [-0.2, 0) is 22.1 Å². The summed E-state index contributed by atoms with van der Waals surface area (Å²) in [6.45, 7) is 8.27. The van der Waals surface area contributed by atoms with Crippen LogP contribution in [0.5, 0.6) is 0 Å². The lowest BCUT2D eigenvalue weighted by Gasteiger charge is -2.35. The second-order valence-electron chi connectivity index (χ2n) is 8.10. The lowest BCUT2D eigenvalue weighted by molar-refractivity contribution is -0.137. The molecule has 5 nitrogen and oxygen atoms in total. The summed E-state index contributed by atoms with van der Waals surface area (Å²) in [6, 6.07) is 4.17. The van der Waals surface area contributed by atoms with E-state index in [0.29, 0.717) is 5.56 Å². The van der Waals surface area contributed by atoms with Crippen molar-refractivity contribution in [3.05, 3.63) is 35.4 Å². The molecule has 1 aromatic rings. The fourth-order valence-electron chi connectivity index (χ4n) is 3.19. The molecule has 1 saturated heterocycles. The molecular formula is C19H26F3NO4. The maximum absolute atomic E-state index is 12.7. The topological polar surface area (TPSA) is 59.0 Å². The van der Waals surface area contributed by atoms with Gasteiger partial charge in [-0.25, -0.2) is 4.79 Å². The molecule has 1 N–H and O–H groups in total. The fourth-order valence-corrected chi connectivity index (χ4v) is 3.19. The molecule has 0 saturated carbocycles. The molecule has 27 heavy (non-hydrogen) atoms. The largest absolute Gasteiger partial charge is 0.444 e. The lowest BCUT2D eigenvalue weighted by atomic mass is 9.99. The zero-order valence-corrected chi connectivity index (χ0v) is 16.1. The first-order chi connectivity index (χ1) is 12.2. The first kappa shape index (κ1) is 21.5. The van der Waals surface area contributed by atoms with Crippen LogP contribution in [0.4, 0.5) is 18.0 Å². The predicted molar refractivity (Wildman–Crippen MR) is 93.0 cm³/mol. The van der Waals surface area contributed by atoms with Gasteiger partial charge in [0.15, 0.2) is 0 Å². The van der Waals surface area contributed by atoms with Crippen molar-refractivity contribution in [2.24, 2.45) is 0 Å². The van der Waals surface area contributed by atoms with Crippen molar-refractivity contribution in [3.8, 4) is 0 Å². The van der Waals surface area contributed by atoms with Crippen molar-refractivity contribution in [1.29, 1.82) is 0 Å². The molecule has 1 amide bonds. The van der Waals surface area contributed by atoms with Crippen molar-refractivity contribution < 1.29 is 32.5 Å². The predicted octanol–water partition coefficient (Wildman–Crippen LogP) is 3.98. The zero-order chi connectivity index (χ0) is 20.6. The van der Waals surface area contributed by atoms with Gasteiger partial charge in [-0.3, -0.25) is 4.90 Å². The second kappa shape index (κ2) is 7.31. The van der Waals surface area contributed by atoms with Crippen molar-refractivity contribution in [3.63, 3.8) is 0 Å². The number of hydrogen-bond acceptors (Lipinski definition) is 4. The van der Waals surface area contributed by atoms with Crippen LogP contribution in [0.3, 0.4) is 0 Å². The molecule has 0 bridgehead atoms. The minimum Gasteiger partial charge on any atom is -0.444 e. The minimum absolute atomic E-state index is 0.228. The monoisotopic (exact) mass is 389 g/mol. The highest BCUT2D eigenvalue weighted by atomic mass is 19.4. The van der Waals surface area contributed by atoms with Gasteiger partial charge in [0.25, 0.3) is 0 Å². The van der Waals surface area contributed by atoms with Gasteiger partial charge in [-0.15, -0.1) is 0 Å². The van der Waals surface area contributed by atoms with Gasteiger partial charge < -0.3 is 14.6 Å². The van der Waals surface area contributed by atoms with E-state index < -0.39 is 41.3 Å².